The molecule has 0 spiro atoms. The molecule has 112 valence electrons. The first-order valence-electron chi connectivity index (χ1n) is 6.47. The van der Waals surface area contributed by atoms with E-state index in [2.05, 4.69) is 9.97 Å². The van der Waals surface area contributed by atoms with Crippen LogP contribution in [0.25, 0.3) is 22.3 Å². The fraction of sp³-hybridized carbons (Fsp3) is 0.125. The van der Waals surface area contributed by atoms with Crippen LogP contribution in [-0.2, 0) is 6.18 Å². The Labute approximate surface area is 129 Å². The normalized spacial score (nSPS) is 11.9. The first kappa shape index (κ1) is 14.8. The molecule has 0 N–H and O–H groups in total. The highest BCUT2D eigenvalue weighted by Gasteiger charge is 2.34. The molecule has 0 saturated carbocycles. The Kier molecular flexibility index (Phi) is 3.53. The van der Waals surface area contributed by atoms with Crippen molar-refractivity contribution >= 4 is 22.5 Å². The minimum atomic E-state index is -4.48. The molecule has 0 atom stereocenters. The van der Waals surface area contributed by atoms with E-state index in [0.29, 0.717) is 10.9 Å². The van der Waals surface area contributed by atoms with Gasteiger partial charge in [0.1, 0.15) is 5.15 Å². The Morgan fingerprint density at radius 1 is 0.955 bits per heavy atom. The summed E-state index contributed by atoms with van der Waals surface area (Å²) in [6.45, 7) is 1.82. The van der Waals surface area contributed by atoms with Gasteiger partial charge in [-0.15, -0.1) is 0 Å². The van der Waals surface area contributed by atoms with Crippen molar-refractivity contribution in [2.45, 2.75) is 13.1 Å². The molecular formula is C16H10ClF3N2. The maximum Gasteiger partial charge on any atom is 0.417 e. The van der Waals surface area contributed by atoms with Crippen molar-refractivity contribution in [1.29, 1.82) is 0 Å². The highest BCUT2D eigenvalue weighted by Crippen LogP contribution is 2.37. The molecular weight excluding hydrogens is 313 g/mol. The molecule has 0 fully saturated rings. The predicted octanol–water partition coefficient (Wildman–Crippen LogP) is 5.28. The molecule has 0 unspecified atom stereocenters. The number of fused-ring (bicyclic) bond motifs is 1. The van der Waals surface area contributed by atoms with Gasteiger partial charge in [0.25, 0.3) is 0 Å². The Morgan fingerprint density at radius 2 is 1.68 bits per heavy atom. The highest BCUT2D eigenvalue weighted by molar-refractivity contribution is 6.34. The van der Waals surface area contributed by atoms with Crippen LogP contribution in [0.2, 0.25) is 5.15 Å². The molecule has 2 aromatic carbocycles. The molecule has 0 aliphatic carbocycles. The van der Waals surface area contributed by atoms with Crippen LogP contribution in [0.5, 0.6) is 0 Å². The molecule has 0 bridgehead atoms. The fourth-order valence-corrected chi connectivity index (χ4v) is 2.54. The van der Waals surface area contributed by atoms with Gasteiger partial charge in [-0.3, -0.25) is 0 Å². The molecule has 3 rings (SSSR count). The predicted molar refractivity (Wildman–Crippen MR) is 79.7 cm³/mol. The van der Waals surface area contributed by atoms with Gasteiger partial charge in [0.2, 0.25) is 0 Å². The van der Waals surface area contributed by atoms with E-state index in [1.54, 1.807) is 12.1 Å². The second-order valence-electron chi connectivity index (χ2n) is 4.85. The van der Waals surface area contributed by atoms with Gasteiger partial charge in [0.05, 0.1) is 11.1 Å². The number of alkyl halides is 3. The summed E-state index contributed by atoms with van der Waals surface area (Å²) in [5.74, 6) is -0.0280. The van der Waals surface area contributed by atoms with Gasteiger partial charge in [0.15, 0.2) is 5.82 Å². The summed E-state index contributed by atoms with van der Waals surface area (Å²) in [7, 11) is 0. The third kappa shape index (κ3) is 2.52. The van der Waals surface area contributed by atoms with Crippen molar-refractivity contribution in [1.82, 2.24) is 9.97 Å². The van der Waals surface area contributed by atoms with Crippen molar-refractivity contribution in [3.05, 3.63) is 58.7 Å². The van der Waals surface area contributed by atoms with E-state index >= 15 is 0 Å². The molecule has 3 aromatic rings. The van der Waals surface area contributed by atoms with Crippen LogP contribution in [0.4, 0.5) is 13.2 Å². The van der Waals surface area contributed by atoms with E-state index in [4.69, 9.17) is 11.6 Å². The number of aromatic nitrogens is 2. The zero-order chi connectivity index (χ0) is 15.9. The van der Waals surface area contributed by atoms with Crippen molar-refractivity contribution in [3.63, 3.8) is 0 Å². The van der Waals surface area contributed by atoms with Gasteiger partial charge in [-0.1, -0.05) is 41.9 Å². The van der Waals surface area contributed by atoms with E-state index < -0.39 is 11.7 Å². The number of halogens is 4. The smallest absolute Gasteiger partial charge is 0.228 e. The molecule has 0 aliphatic heterocycles. The maximum atomic E-state index is 13.1. The molecule has 0 aliphatic rings. The lowest BCUT2D eigenvalue weighted by Gasteiger charge is -2.13. The SMILES string of the molecule is Cc1cccc2c(Cl)nc(-c3ccccc3C(F)(F)F)nc12. The first-order valence-corrected chi connectivity index (χ1v) is 6.85. The summed E-state index contributed by atoms with van der Waals surface area (Å²) in [5.41, 5.74) is 0.517. The van der Waals surface area contributed by atoms with Crippen LogP contribution < -0.4 is 0 Å². The van der Waals surface area contributed by atoms with Gasteiger partial charge in [-0.05, 0) is 24.6 Å². The van der Waals surface area contributed by atoms with E-state index in [0.717, 1.165) is 11.6 Å². The average Bonchev–Trinajstić information content (AvgIpc) is 2.47. The molecule has 1 heterocycles. The fourth-order valence-electron chi connectivity index (χ4n) is 2.30. The van der Waals surface area contributed by atoms with Crippen LogP contribution in [0.15, 0.2) is 42.5 Å². The second kappa shape index (κ2) is 5.25. The van der Waals surface area contributed by atoms with Gasteiger partial charge in [-0.25, -0.2) is 9.97 Å². The molecule has 1 aromatic heterocycles. The van der Waals surface area contributed by atoms with Gasteiger partial charge in [-0.2, -0.15) is 13.2 Å². The standard InChI is InChI=1S/C16H10ClF3N2/c1-9-5-4-7-11-13(9)21-15(22-14(11)17)10-6-2-3-8-12(10)16(18,19)20/h2-8H,1H3. The summed E-state index contributed by atoms with van der Waals surface area (Å²) >= 11 is 6.12. The van der Waals surface area contributed by atoms with Crippen molar-refractivity contribution in [3.8, 4) is 11.4 Å². The molecule has 2 nitrogen and oxygen atoms in total. The summed E-state index contributed by atoms with van der Waals surface area (Å²) in [4.78, 5) is 8.33. The summed E-state index contributed by atoms with van der Waals surface area (Å²) in [6, 6.07) is 10.6. The van der Waals surface area contributed by atoms with Crippen LogP contribution in [0, 0.1) is 6.92 Å². The number of benzene rings is 2. The number of nitrogens with zero attached hydrogens (tertiary/aromatic N) is 2. The topological polar surface area (TPSA) is 25.8 Å². The van der Waals surface area contributed by atoms with Crippen LogP contribution in [-0.4, -0.2) is 9.97 Å². The summed E-state index contributed by atoms with van der Waals surface area (Å²) in [5, 5.41) is 0.760. The number of aryl methyl sites for hydroxylation is 1. The summed E-state index contributed by atoms with van der Waals surface area (Å²) < 4.78 is 39.4. The minimum absolute atomic E-state index is 0.0280. The third-order valence-corrected chi connectivity index (χ3v) is 3.64. The number of para-hydroxylation sites is 1. The number of hydrogen-bond acceptors (Lipinski definition) is 2. The lowest BCUT2D eigenvalue weighted by atomic mass is 10.1. The molecule has 6 heteroatoms. The number of hydrogen-bond donors (Lipinski definition) is 0. The Balaban J connectivity index is 2.31. The van der Waals surface area contributed by atoms with E-state index in [1.165, 1.54) is 18.2 Å². The molecule has 0 radical (unpaired) electrons. The number of rotatable bonds is 1. The minimum Gasteiger partial charge on any atom is -0.228 e. The van der Waals surface area contributed by atoms with Crippen molar-refractivity contribution in [2.24, 2.45) is 0 Å². The quantitative estimate of drug-likeness (QED) is 0.570. The zero-order valence-corrected chi connectivity index (χ0v) is 12.2. The van der Waals surface area contributed by atoms with E-state index in [1.807, 2.05) is 13.0 Å². The average molecular weight is 323 g/mol. The van der Waals surface area contributed by atoms with Crippen molar-refractivity contribution < 1.29 is 13.2 Å². The first-order chi connectivity index (χ1) is 10.4. The lowest BCUT2D eigenvalue weighted by Crippen LogP contribution is -2.08. The van der Waals surface area contributed by atoms with Crippen LogP contribution >= 0.6 is 11.6 Å². The summed E-state index contributed by atoms with van der Waals surface area (Å²) in [6.07, 6.45) is -4.48. The zero-order valence-electron chi connectivity index (χ0n) is 11.4. The van der Waals surface area contributed by atoms with Gasteiger partial charge < -0.3 is 0 Å². The van der Waals surface area contributed by atoms with Gasteiger partial charge >= 0.3 is 6.18 Å². The Hall–Kier alpha value is -2.14. The molecule has 0 saturated heterocycles. The highest BCUT2D eigenvalue weighted by atomic mass is 35.5. The third-order valence-electron chi connectivity index (χ3n) is 3.36. The van der Waals surface area contributed by atoms with Crippen LogP contribution in [0.3, 0.4) is 0 Å². The second-order valence-corrected chi connectivity index (χ2v) is 5.21. The maximum absolute atomic E-state index is 13.1. The van der Waals surface area contributed by atoms with E-state index in [9.17, 15) is 13.2 Å². The monoisotopic (exact) mass is 322 g/mol. The molecule has 0 amide bonds. The Bertz CT molecular complexity index is 860. The Morgan fingerprint density at radius 3 is 2.41 bits per heavy atom. The van der Waals surface area contributed by atoms with Gasteiger partial charge in [0, 0.05) is 10.9 Å². The van der Waals surface area contributed by atoms with E-state index in [-0.39, 0.29) is 16.5 Å². The largest absolute Gasteiger partial charge is 0.417 e. The lowest BCUT2D eigenvalue weighted by molar-refractivity contribution is -0.137. The van der Waals surface area contributed by atoms with Crippen molar-refractivity contribution in [2.75, 3.05) is 0 Å². The van der Waals surface area contributed by atoms with Crippen LogP contribution in [0.1, 0.15) is 11.1 Å². The molecule has 22 heavy (non-hydrogen) atoms.